The van der Waals surface area contributed by atoms with E-state index in [1.54, 1.807) is 17.8 Å². The molecule has 0 amide bonds. The summed E-state index contributed by atoms with van der Waals surface area (Å²) in [5, 5.41) is 1.33. The summed E-state index contributed by atoms with van der Waals surface area (Å²) in [5.74, 6) is 0.879. The van der Waals surface area contributed by atoms with Crippen molar-refractivity contribution < 1.29 is 0 Å². The van der Waals surface area contributed by atoms with Gasteiger partial charge in [-0.1, -0.05) is 47.5 Å². The molecule has 4 heteroatoms. The molecule has 0 aliphatic rings. The monoisotopic (exact) mass is 297 g/mol. The lowest BCUT2D eigenvalue weighted by Gasteiger charge is -2.05. The van der Waals surface area contributed by atoms with E-state index in [1.807, 2.05) is 24.3 Å². The number of hydrogen-bond donors (Lipinski definition) is 1. The number of halogens is 2. The molecule has 0 radical (unpaired) electrons. The number of nitrogens with two attached hydrogens (primary N) is 1. The van der Waals surface area contributed by atoms with Gasteiger partial charge in [0, 0.05) is 27.2 Å². The van der Waals surface area contributed by atoms with Crippen LogP contribution in [0, 0.1) is 0 Å². The predicted octanol–water partition coefficient (Wildman–Crippen LogP) is 4.74. The molecule has 0 spiro atoms. The number of rotatable bonds is 4. The van der Waals surface area contributed by atoms with E-state index in [2.05, 4.69) is 12.1 Å². The van der Waals surface area contributed by atoms with E-state index in [0.717, 1.165) is 16.2 Å². The van der Waals surface area contributed by atoms with Crippen LogP contribution in [0.5, 0.6) is 0 Å². The first-order valence-electron chi connectivity index (χ1n) is 5.54. The van der Waals surface area contributed by atoms with E-state index in [0.29, 0.717) is 16.6 Å². The highest BCUT2D eigenvalue weighted by molar-refractivity contribution is 7.98. The molecule has 0 bridgehead atoms. The minimum atomic E-state index is 0.571. The number of benzene rings is 2. The van der Waals surface area contributed by atoms with Crippen LogP contribution < -0.4 is 5.73 Å². The van der Waals surface area contributed by atoms with Crippen molar-refractivity contribution in [1.82, 2.24) is 0 Å². The Balaban J connectivity index is 2.06. The second-order valence-corrected chi connectivity index (χ2v) is 5.84. The lowest BCUT2D eigenvalue weighted by molar-refractivity contribution is 1.06. The van der Waals surface area contributed by atoms with Crippen LogP contribution in [0.3, 0.4) is 0 Å². The highest BCUT2D eigenvalue weighted by Crippen LogP contribution is 2.28. The van der Waals surface area contributed by atoms with Crippen LogP contribution in [-0.4, -0.2) is 0 Å². The smallest absolute Gasteiger partial charge is 0.0431 e. The van der Waals surface area contributed by atoms with Crippen molar-refractivity contribution in [3.05, 3.63) is 63.6 Å². The summed E-state index contributed by atoms with van der Waals surface area (Å²) in [5.41, 5.74) is 8.02. The van der Waals surface area contributed by atoms with E-state index < -0.39 is 0 Å². The van der Waals surface area contributed by atoms with E-state index in [-0.39, 0.29) is 0 Å². The van der Waals surface area contributed by atoms with Crippen LogP contribution in [0.15, 0.2) is 47.4 Å². The number of thioether (sulfide) groups is 1. The Kier molecular flexibility index (Phi) is 4.95. The van der Waals surface area contributed by atoms with E-state index >= 15 is 0 Å². The van der Waals surface area contributed by atoms with Gasteiger partial charge >= 0.3 is 0 Å². The first kappa shape index (κ1) is 13.8. The van der Waals surface area contributed by atoms with Crippen molar-refractivity contribution in [3.8, 4) is 0 Å². The maximum atomic E-state index is 5.97. The minimum Gasteiger partial charge on any atom is -0.326 e. The fraction of sp³-hybridized carbons (Fsp3) is 0.143. The summed E-state index contributed by atoms with van der Waals surface area (Å²) in [6.45, 7) is 0.571. The molecule has 0 aliphatic carbocycles. The zero-order chi connectivity index (χ0) is 13.0. The quantitative estimate of drug-likeness (QED) is 0.825. The van der Waals surface area contributed by atoms with Gasteiger partial charge in [-0.05, 0) is 29.3 Å². The lowest BCUT2D eigenvalue weighted by Crippen LogP contribution is -1.96. The van der Waals surface area contributed by atoms with Crippen molar-refractivity contribution in [3.63, 3.8) is 0 Å². The van der Waals surface area contributed by atoms with Crippen LogP contribution in [0.25, 0.3) is 0 Å². The second kappa shape index (κ2) is 6.48. The summed E-state index contributed by atoms with van der Waals surface area (Å²) in [4.78, 5) is 1.07. The van der Waals surface area contributed by atoms with Crippen molar-refractivity contribution in [2.75, 3.05) is 0 Å². The first-order chi connectivity index (χ1) is 8.67. The Morgan fingerprint density at radius 1 is 0.944 bits per heavy atom. The Hall–Kier alpha value is -0.670. The van der Waals surface area contributed by atoms with Gasteiger partial charge in [0.15, 0.2) is 0 Å². The molecule has 1 nitrogen and oxygen atoms in total. The minimum absolute atomic E-state index is 0.571. The Bertz CT molecular complexity index is 523. The zero-order valence-corrected chi connectivity index (χ0v) is 12.0. The van der Waals surface area contributed by atoms with Gasteiger partial charge in [0.05, 0.1) is 0 Å². The van der Waals surface area contributed by atoms with Crippen molar-refractivity contribution in [2.45, 2.75) is 17.2 Å². The molecular weight excluding hydrogens is 285 g/mol. The highest BCUT2D eigenvalue weighted by atomic mass is 35.5. The summed E-state index contributed by atoms with van der Waals surface area (Å²) >= 11 is 13.6. The topological polar surface area (TPSA) is 26.0 Å². The van der Waals surface area contributed by atoms with Gasteiger partial charge in [-0.2, -0.15) is 0 Å². The molecule has 2 aromatic rings. The molecule has 2 rings (SSSR count). The third-order valence-corrected chi connectivity index (χ3v) is 3.95. The molecule has 0 aliphatic heterocycles. The Labute approximate surface area is 121 Å². The third kappa shape index (κ3) is 3.92. The van der Waals surface area contributed by atoms with Gasteiger partial charge in [-0.3, -0.25) is 0 Å². The Morgan fingerprint density at radius 2 is 1.61 bits per heavy atom. The third-order valence-electron chi connectivity index (χ3n) is 2.47. The molecular formula is C14H13Cl2NS. The molecule has 0 atom stereocenters. The molecule has 0 saturated heterocycles. The molecule has 94 valence electrons. The van der Waals surface area contributed by atoms with Gasteiger partial charge in [0.1, 0.15) is 0 Å². The van der Waals surface area contributed by atoms with Gasteiger partial charge < -0.3 is 5.73 Å². The van der Waals surface area contributed by atoms with Gasteiger partial charge in [0.2, 0.25) is 0 Å². The molecule has 0 unspecified atom stereocenters. The van der Waals surface area contributed by atoms with Crippen molar-refractivity contribution >= 4 is 35.0 Å². The van der Waals surface area contributed by atoms with Crippen LogP contribution in [0.2, 0.25) is 10.0 Å². The highest BCUT2D eigenvalue weighted by Gasteiger charge is 2.01. The fourth-order valence-corrected chi connectivity index (χ4v) is 3.21. The predicted molar refractivity (Wildman–Crippen MR) is 80.4 cm³/mol. The van der Waals surface area contributed by atoms with E-state index in [1.165, 1.54) is 5.56 Å². The average molecular weight is 298 g/mol. The molecule has 2 N–H and O–H groups in total. The van der Waals surface area contributed by atoms with Crippen LogP contribution in [-0.2, 0) is 12.3 Å². The van der Waals surface area contributed by atoms with Gasteiger partial charge in [-0.25, -0.2) is 0 Å². The molecule has 0 fully saturated rings. The SMILES string of the molecule is NCc1cccc(CSc2cc(Cl)cc(Cl)c2)c1. The van der Waals surface area contributed by atoms with E-state index in [4.69, 9.17) is 28.9 Å². The summed E-state index contributed by atoms with van der Waals surface area (Å²) in [6, 6.07) is 13.9. The van der Waals surface area contributed by atoms with Crippen LogP contribution in [0.4, 0.5) is 0 Å². The maximum Gasteiger partial charge on any atom is 0.0431 e. The first-order valence-corrected chi connectivity index (χ1v) is 7.28. The summed E-state index contributed by atoms with van der Waals surface area (Å²) in [7, 11) is 0. The largest absolute Gasteiger partial charge is 0.326 e. The number of hydrogen-bond acceptors (Lipinski definition) is 2. The fourth-order valence-electron chi connectivity index (χ4n) is 1.62. The van der Waals surface area contributed by atoms with Crippen LogP contribution in [0.1, 0.15) is 11.1 Å². The van der Waals surface area contributed by atoms with Gasteiger partial charge in [0.25, 0.3) is 0 Å². The molecule has 0 heterocycles. The van der Waals surface area contributed by atoms with Crippen molar-refractivity contribution in [1.29, 1.82) is 0 Å². The standard InChI is InChI=1S/C14H13Cl2NS/c15-12-5-13(16)7-14(6-12)18-9-11-3-1-2-10(4-11)8-17/h1-7H,8-9,17H2. The molecule has 18 heavy (non-hydrogen) atoms. The van der Waals surface area contributed by atoms with E-state index in [9.17, 15) is 0 Å². The summed E-state index contributed by atoms with van der Waals surface area (Å²) in [6.07, 6.45) is 0. The summed E-state index contributed by atoms with van der Waals surface area (Å²) < 4.78 is 0. The molecule has 0 aromatic heterocycles. The maximum absolute atomic E-state index is 5.97. The van der Waals surface area contributed by atoms with Gasteiger partial charge in [-0.15, -0.1) is 11.8 Å². The average Bonchev–Trinajstić information content (AvgIpc) is 2.35. The van der Waals surface area contributed by atoms with Crippen molar-refractivity contribution in [2.24, 2.45) is 5.73 Å². The molecule has 2 aromatic carbocycles. The Morgan fingerprint density at radius 3 is 2.28 bits per heavy atom. The lowest BCUT2D eigenvalue weighted by atomic mass is 10.1. The second-order valence-electron chi connectivity index (χ2n) is 3.92. The van der Waals surface area contributed by atoms with Crippen LogP contribution >= 0.6 is 35.0 Å². The zero-order valence-electron chi connectivity index (χ0n) is 9.70. The normalized spacial score (nSPS) is 10.6. The molecule has 0 saturated carbocycles.